The lowest BCUT2D eigenvalue weighted by atomic mass is 10.0. The summed E-state index contributed by atoms with van der Waals surface area (Å²) in [6.45, 7) is 0.350. The van der Waals surface area contributed by atoms with Crippen LogP contribution < -0.4 is 8.27 Å². The lowest BCUT2D eigenvalue weighted by Crippen LogP contribution is -2.24. The normalized spacial score (nSPS) is 13.8. The number of halogens is 5. The largest absolute Gasteiger partial charge is 0.488 e. The van der Waals surface area contributed by atoms with E-state index in [1.165, 1.54) is 21.4 Å². The second kappa shape index (κ2) is 10.2. The van der Waals surface area contributed by atoms with Crippen molar-refractivity contribution in [1.82, 2.24) is 3.53 Å². The Morgan fingerprint density at radius 2 is 1.88 bits per heavy atom. The minimum Gasteiger partial charge on any atom is -0.488 e. The van der Waals surface area contributed by atoms with Gasteiger partial charge in [0.2, 0.25) is 0 Å². The molecule has 0 atom stereocenters. The molecule has 2 aromatic carbocycles. The van der Waals surface area contributed by atoms with Gasteiger partial charge in [0.1, 0.15) is 12.4 Å². The first kappa shape index (κ1) is 23.7. The zero-order valence-electron chi connectivity index (χ0n) is 16.8. The van der Waals surface area contributed by atoms with Crippen molar-refractivity contribution >= 4 is 59.3 Å². The molecule has 0 spiro atoms. The van der Waals surface area contributed by atoms with E-state index in [9.17, 15) is 18.0 Å². The van der Waals surface area contributed by atoms with Crippen LogP contribution in [0, 0.1) is 0 Å². The molecule has 2 heterocycles. The molecule has 0 fully saturated rings. The van der Waals surface area contributed by atoms with Crippen molar-refractivity contribution in [3.8, 4) is 16.9 Å². The van der Waals surface area contributed by atoms with E-state index in [2.05, 4.69) is 3.53 Å². The molecule has 1 N–H and O–H groups in total. The Kier molecular flexibility index (Phi) is 7.35. The summed E-state index contributed by atoms with van der Waals surface area (Å²) in [5, 5.41) is 2.35. The molecule has 0 saturated carbocycles. The van der Waals surface area contributed by atoms with Gasteiger partial charge in [0.15, 0.2) is 0 Å². The predicted molar refractivity (Wildman–Crippen MR) is 136 cm³/mol. The van der Waals surface area contributed by atoms with Gasteiger partial charge in [0.25, 0.3) is 5.78 Å². The molecule has 0 radical (unpaired) electrons. The molecule has 0 unspecified atom stereocenters. The second-order valence-corrected chi connectivity index (χ2v) is 10.2. The summed E-state index contributed by atoms with van der Waals surface area (Å²) < 4.78 is 49.6. The maximum atomic E-state index is 13.0. The first-order valence-corrected chi connectivity index (χ1v) is 13.2. The zero-order valence-corrected chi connectivity index (χ0v) is 20.6. The van der Waals surface area contributed by atoms with Crippen molar-refractivity contribution in [3.05, 3.63) is 93.3 Å². The molecule has 1 aliphatic rings. The quantitative estimate of drug-likeness (QED) is 0.237. The van der Waals surface area contributed by atoms with Crippen LogP contribution in [0.5, 0.6) is 5.75 Å². The van der Waals surface area contributed by atoms with E-state index in [0.29, 0.717) is 27.8 Å². The number of rotatable bonds is 6. The first-order chi connectivity index (χ1) is 15.8. The summed E-state index contributed by atoms with van der Waals surface area (Å²) in [5.74, 6) is -1.25. The average Bonchev–Trinajstić information content (AvgIpc) is 3.15. The Morgan fingerprint density at radius 1 is 1.09 bits per heavy atom. The van der Waals surface area contributed by atoms with Crippen LogP contribution in [0.4, 0.5) is 13.2 Å². The Balaban J connectivity index is 1.71. The SMILES string of the molecule is O=C(C1=CC(c2sccc2-c2cc(Cl)ccc2OCc2ccccc2)=CNI=C1)C(F)(F)F. The second-order valence-electron chi connectivity index (χ2n) is 6.93. The van der Waals surface area contributed by atoms with Crippen molar-refractivity contribution in [3.63, 3.8) is 0 Å². The van der Waals surface area contributed by atoms with Gasteiger partial charge in [-0.3, -0.25) is 4.79 Å². The number of thiophene rings is 1. The molecule has 9 heteroatoms. The van der Waals surface area contributed by atoms with Crippen molar-refractivity contribution in [1.29, 1.82) is 0 Å². The van der Waals surface area contributed by atoms with Crippen LogP contribution in [-0.4, -0.2) is 16.0 Å². The van der Waals surface area contributed by atoms with E-state index in [0.717, 1.165) is 16.7 Å². The van der Waals surface area contributed by atoms with E-state index in [1.807, 2.05) is 41.8 Å². The molecule has 3 aromatic rings. The van der Waals surface area contributed by atoms with Gasteiger partial charge in [-0.2, -0.15) is 13.2 Å². The molecular weight excluding hydrogens is 586 g/mol. The highest BCUT2D eigenvalue weighted by molar-refractivity contribution is 14.2. The number of nitrogens with one attached hydrogen (secondary N) is 1. The van der Waals surface area contributed by atoms with Crippen LogP contribution in [0.15, 0.2) is 77.8 Å². The number of carbonyl (C=O) groups is 1. The summed E-state index contributed by atoms with van der Waals surface area (Å²) in [6, 6.07) is 16.8. The number of alkyl halides is 3. The summed E-state index contributed by atoms with van der Waals surface area (Å²) in [5.41, 5.74) is 2.62. The van der Waals surface area contributed by atoms with Gasteiger partial charge in [0, 0.05) is 38.4 Å². The fourth-order valence-electron chi connectivity index (χ4n) is 3.15. The van der Waals surface area contributed by atoms with Gasteiger partial charge in [-0.1, -0.05) is 41.9 Å². The molecule has 0 aliphatic carbocycles. The Bertz CT molecular complexity index is 1270. The molecule has 3 nitrogen and oxygen atoms in total. The number of allylic oxidation sites excluding steroid dienone is 3. The number of hydrogen-bond donors (Lipinski definition) is 1. The molecule has 0 amide bonds. The molecule has 1 aliphatic heterocycles. The molecule has 1 aromatic heterocycles. The molecular formula is C24H16ClF3INO2S. The standard InChI is InChI=1S/C24H16ClF3INO2S/c25-18-6-7-21(32-14-15-4-2-1-3-5-15)20(11-18)19-8-9-33-22(19)17-10-16(12-29-30-13-17)23(31)24(26,27)28/h1-13,30H,14H2. The van der Waals surface area contributed by atoms with Gasteiger partial charge < -0.3 is 8.27 Å². The van der Waals surface area contributed by atoms with Gasteiger partial charge in [0.05, 0.1) is 0 Å². The van der Waals surface area contributed by atoms with Crippen LogP contribution >= 0.6 is 43.9 Å². The van der Waals surface area contributed by atoms with Crippen molar-refractivity contribution < 1.29 is 22.7 Å². The van der Waals surface area contributed by atoms with Crippen LogP contribution in [-0.2, 0) is 11.4 Å². The van der Waals surface area contributed by atoms with Crippen LogP contribution in [0.2, 0.25) is 5.02 Å². The minimum absolute atomic E-state index is 0.349. The molecule has 0 bridgehead atoms. The third kappa shape index (κ3) is 5.74. The predicted octanol–water partition coefficient (Wildman–Crippen LogP) is 7.34. The Morgan fingerprint density at radius 3 is 2.64 bits per heavy atom. The van der Waals surface area contributed by atoms with Gasteiger partial charge in [-0.25, -0.2) is 0 Å². The smallest absolute Gasteiger partial charge is 0.454 e. The van der Waals surface area contributed by atoms with E-state index in [-0.39, 0.29) is 5.57 Å². The highest BCUT2D eigenvalue weighted by Gasteiger charge is 2.40. The van der Waals surface area contributed by atoms with Crippen LogP contribution in [0.3, 0.4) is 0 Å². The number of carbonyl (C=O) groups excluding carboxylic acids is 1. The Labute approximate surface area is 207 Å². The van der Waals surface area contributed by atoms with Crippen molar-refractivity contribution in [2.75, 3.05) is 0 Å². The zero-order chi connectivity index (χ0) is 23.4. The lowest BCUT2D eigenvalue weighted by molar-refractivity contribution is -0.165. The van der Waals surface area contributed by atoms with Crippen LogP contribution in [0.1, 0.15) is 10.4 Å². The van der Waals surface area contributed by atoms with Crippen LogP contribution in [0.25, 0.3) is 16.7 Å². The van der Waals surface area contributed by atoms with Crippen molar-refractivity contribution in [2.24, 2.45) is 0 Å². The summed E-state index contributed by atoms with van der Waals surface area (Å²) >= 11 is 6.70. The monoisotopic (exact) mass is 601 g/mol. The number of ketones is 1. The van der Waals surface area contributed by atoms with Gasteiger partial charge in [-0.15, -0.1) is 11.3 Å². The molecule has 170 valence electrons. The first-order valence-electron chi connectivity index (χ1n) is 9.62. The average molecular weight is 602 g/mol. The highest BCUT2D eigenvalue weighted by atomic mass is 127. The number of Topliss-reactive ketones (excluding diaryl/α,β-unsaturated/α-hetero) is 1. The molecule has 4 rings (SSSR count). The highest BCUT2D eigenvalue weighted by Crippen LogP contribution is 2.41. The minimum atomic E-state index is -4.93. The summed E-state index contributed by atoms with van der Waals surface area (Å²) in [6.07, 6.45) is -1.98. The number of hydrogen-bond acceptors (Lipinski definition) is 4. The maximum absolute atomic E-state index is 13.0. The molecule has 33 heavy (non-hydrogen) atoms. The van der Waals surface area contributed by atoms with E-state index < -0.39 is 33.0 Å². The maximum Gasteiger partial charge on any atom is 0.454 e. The fraction of sp³-hybridized carbons (Fsp3) is 0.0833. The lowest BCUT2D eigenvalue weighted by Gasteiger charge is -2.14. The Hall–Kier alpha value is -2.43. The van der Waals surface area contributed by atoms with Gasteiger partial charge >= 0.3 is 6.18 Å². The summed E-state index contributed by atoms with van der Waals surface area (Å²) in [4.78, 5) is 12.6. The summed E-state index contributed by atoms with van der Waals surface area (Å²) in [7, 11) is 0. The third-order valence-electron chi connectivity index (χ3n) is 4.67. The van der Waals surface area contributed by atoms with E-state index >= 15 is 0 Å². The number of benzene rings is 2. The molecule has 0 saturated heterocycles. The fourth-order valence-corrected chi connectivity index (χ4v) is 5.71. The topological polar surface area (TPSA) is 38.3 Å². The van der Waals surface area contributed by atoms with E-state index in [1.54, 1.807) is 24.4 Å². The van der Waals surface area contributed by atoms with E-state index in [4.69, 9.17) is 16.3 Å². The van der Waals surface area contributed by atoms with Gasteiger partial charge in [-0.05, 0) is 66.3 Å². The van der Waals surface area contributed by atoms with Crippen molar-refractivity contribution in [2.45, 2.75) is 12.8 Å². The number of ether oxygens (including phenoxy) is 1. The third-order valence-corrected chi connectivity index (χ3v) is 7.52.